The zero-order valence-electron chi connectivity index (χ0n) is 7.51. The number of benzene rings is 1. The van der Waals surface area contributed by atoms with E-state index in [0.29, 0.717) is 15.8 Å². The van der Waals surface area contributed by atoms with Crippen molar-refractivity contribution in [2.75, 3.05) is 7.11 Å². The van der Waals surface area contributed by atoms with Gasteiger partial charge in [-0.05, 0) is 22.9 Å². The average molecular weight is 281 g/mol. The van der Waals surface area contributed by atoms with Crippen molar-refractivity contribution in [1.29, 1.82) is 0 Å². The smallest absolute Gasteiger partial charge is 0.275 e. The standard InChI is InChI=1S/C8H7BrClNO3/c1-4-6(11(12)13)3-5(10)8(14-2)7(4)9/h3H,1-2H3. The molecule has 0 bridgehead atoms. The summed E-state index contributed by atoms with van der Waals surface area (Å²) in [6, 6.07) is 1.28. The molecule has 14 heavy (non-hydrogen) atoms. The third-order valence-corrected chi connectivity index (χ3v) is 3.03. The molecule has 0 heterocycles. The third kappa shape index (κ3) is 1.83. The molecular weight excluding hydrogens is 273 g/mol. The van der Waals surface area contributed by atoms with E-state index in [9.17, 15) is 10.1 Å². The highest BCUT2D eigenvalue weighted by molar-refractivity contribution is 9.10. The molecule has 76 valence electrons. The van der Waals surface area contributed by atoms with E-state index in [0.717, 1.165) is 0 Å². The SMILES string of the molecule is COc1c(Cl)cc([N+](=O)[O-])c(C)c1Br. The Morgan fingerprint density at radius 3 is 2.64 bits per heavy atom. The highest BCUT2D eigenvalue weighted by atomic mass is 79.9. The minimum atomic E-state index is -0.481. The lowest BCUT2D eigenvalue weighted by molar-refractivity contribution is -0.385. The number of hydrogen-bond donors (Lipinski definition) is 0. The fourth-order valence-electron chi connectivity index (χ4n) is 1.06. The lowest BCUT2D eigenvalue weighted by Gasteiger charge is -2.08. The van der Waals surface area contributed by atoms with E-state index >= 15 is 0 Å². The van der Waals surface area contributed by atoms with E-state index in [4.69, 9.17) is 16.3 Å². The number of rotatable bonds is 2. The molecular formula is C8H7BrClNO3. The molecule has 0 N–H and O–H groups in total. The van der Waals surface area contributed by atoms with Crippen LogP contribution in [0.1, 0.15) is 5.56 Å². The molecule has 1 rings (SSSR count). The molecule has 0 saturated heterocycles. The number of halogens is 2. The number of nitro groups is 1. The van der Waals surface area contributed by atoms with Crippen LogP contribution in [0.5, 0.6) is 5.75 Å². The Labute approximate surface area is 94.1 Å². The van der Waals surface area contributed by atoms with Crippen molar-refractivity contribution in [3.63, 3.8) is 0 Å². The van der Waals surface area contributed by atoms with Crippen LogP contribution in [0.3, 0.4) is 0 Å². The summed E-state index contributed by atoms with van der Waals surface area (Å²) in [4.78, 5) is 10.1. The van der Waals surface area contributed by atoms with Crippen molar-refractivity contribution in [3.8, 4) is 5.75 Å². The lowest BCUT2D eigenvalue weighted by atomic mass is 10.2. The summed E-state index contributed by atoms with van der Waals surface area (Å²) >= 11 is 8.99. The first-order valence-electron chi connectivity index (χ1n) is 3.66. The number of ether oxygens (including phenoxy) is 1. The summed E-state index contributed by atoms with van der Waals surface area (Å²) in [5.74, 6) is 0.412. The first kappa shape index (κ1) is 11.3. The van der Waals surface area contributed by atoms with Gasteiger partial charge in [0.2, 0.25) is 0 Å². The van der Waals surface area contributed by atoms with Crippen LogP contribution in [0.15, 0.2) is 10.5 Å². The quantitative estimate of drug-likeness (QED) is 0.617. The van der Waals surface area contributed by atoms with Gasteiger partial charge in [0.25, 0.3) is 5.69 Å². The molecule has 0 aliphatic rings. The Bertz CT molecular complexity index is 395. The van der Waals surface area contributed by atoms with Gasteiger partial charge in [-0.15, -0.1) is 0 Å². The van der Waals surface area contributed by atoms with Gasteiger partial charge in [0.15, 0.2) is 5.75 Å². The highest BCUT2D eigenvalue weighted by Gasteiger charge is 2.19. The molecule has 0 aromatic heterocycles. The van der Waals surface area contributed by atoms with Gasteiger partial charge < -0.3 is 4.74 Å². The van der Waals surface area contributed by atoms with E-state index in [2.05, 4.69) is 15.9 Å². The molecule has 0 radical (unpaired) electrons. The van der Waals surface area contributed by atoms with Gasteiger partial charge in [0.05, 0.1) is 21.5 Å². The van der Waals surface area contributed by atoms with Gasteiger partial charge in [-0.2, -0.15) is 0 Å². The van der Waals surface area contributed by atoms with Crippen molar-refractivity contribution < 1.29 is 9.66 Å². The minimum Gasteiger partial charge on any atom is -0.494 e. The second-order valence-corrected chi connectivity index (χ2v) is 3.81. The van der Waals surface area contributed by atoms with Crippen LogP contribution in [-0.4, -0.2) is 12.0 Å². The summed E-state index contributed by atoms with van der Waals surface area (Å²) in [5, 5.41) is 10.8. The zero-order chi connectivity index (χ0) is 10.9. The Morgan fingerprint density at radius 2 is 2.21 bits per heavy atom. The molecule has 1 aromatic carbocycles. The van der Waals surface area contributed by atoms with Crippen LogP contribution in [0.25, 0.3) is 0 Å². The minimum absolute atomic E-state index is 0.0253. The highest BCUT2D eigenvalue weighted by Crippen LogP contribution is 2.40. The first-order valence-corrected chi connectivity index (χ1v) is 4.83. The largest absolute Gasteiger partial charge is 0.494 e. The van der Waals surface area contributed by atoms with Crippen molar-refractivity contribution in [2.45, 2.75) is 6.92 Å². The van der Waals surface area contributed by atoms with E-state index in [-0.39, 0.29) is 10.7 Å². The molecule has 0 spiro atoms. The maximum Gasteiger partial charge on any atom is 0.275 e. The van der Waals surface area contributed by atoms with Crippen LogP contribution in [0.2, 0.25) is 5.02 Å². The van der Waals surface area contributed by atoms with Crippen LogP contribution < -0.4 is 4.74 Å². The maximum atomic E-state index is 10.6. The predicted molar refractivity (Wildman–Crippen MR) is 57.1 cm³/mol. The molecule has 0 unspecified atom stereocenters. The normalized spacial score (nSPS) is 10.0. The van der Waals surface area contributed by atoms with Crippen LogP contribution >= 0.6 is 27.5 Å². The molecule has 4 nitrogen and oxygen atoms in total. The average Bonchev–Trinajstić information content (AvgIpc) is 2.12. The number of nitrogens with zero attached hydrogens (tertiary/aromatic N) is 1. The van der Waals surface area contributed by atoms with E-state index < -0.39 is 4.92 Å². The lowest BCUT2D eigenvalue weighted by Crippen LogP contribution is -1.95. The molecule has 0 fully saturated rings. The third-order valence-electron chi connectivity index (χ3n) is 1.79. The van der Waals surface area contributed by atoms with Crippen LogP contribution in [-0.2, 0) is 0 Å². The van der Waals surface area contributed by atoms with E-state index in [1.807, 2.05) is 0 Å². The number of hydrogen-bond acceptors (Lipinski definition) is 3. The Balaban J connectivity index is 3.47. The molecule has 0 atom stereocenters. The maximum absolute atomic E-state index is 10.6. The van der Waals surface area contributed by atoms with Crippen LogP contribution in [0.4, 0.5) is 5.69 Å². The van der Waals surface area contributed by atoms with Gasteiger partial charge in [-0.25, -0.2) is 0 Å². The van der Waals surface area contributed by atoms with Crippen molar-refractivity contribution in [1.82, 2.24) is 0 Å². The predicted octanol–water partition coefficient (Wildman–Crippen LogP) is 3.33. The summed E-state index contributed by atoms with van der Waals surface area (Å²) < 4.78 is 5.50. The summed E-state index contributed by atoms with van der Waals surface area (Å²) in [7, 11) is 1.46. The monoisotopic (exact) mass is 279 g/mol. The molecule has 1 aromatic rings. The van der Waals surface area contributed by atoms with Gasteiger partial charge in [-0.1, -0.05) is 11.6 Å². The summed E-state index contributed by atoms with van der Waals surface area (Å²) in [5.41, 5.74) is 0.471. The molecule has 6 heteroatoms. The first-order chi connectivity index (χ1) is 6.49. The van der Waals surface area contributed by atoms with Crippen LogP contribution in [0, 0.1) is 17.0 Å². The topological polar surface area (TPSA) is 52.4 Å². The zero-order valence-corrected chi connectivity index (χ0v) is 9.85. The molecule has 0 aliphatic carbocycles. The number of methoxy groups -OCH3 is 1. The summed E-state index contributed by atoms with van der Waals surface area (Å²) in [6.07, 6.45) is 0. The fourth-order valence-corrected chi connectivity index (χ4v) is 2.03. The van der Waals surface area contributed by atoms with Crippen molar-refractivity contribution in [3.05, 3.63) is 31.2 Å². The Hall–Kier alpha value is -0.810. The molecule has 0 saturated carbocycles. The Morgan fingerprint density at radius 1 is 1.64 bits per heavy atom. The van der Waals surface area contributed by atoms with Crippen molar-refractivity contribution >= 4 is 33.2 Å². The van der Waals surface area contributed by atoms with Gasteiger partial charge >= 0.3 is 0 Å². The Kier molecular flexibility index (Phi) is 3.34. The molecule has 0 aliphatic heterocycles. The molecule has 0 amide bonds. The van der Waals surface area contributed by atoms with Gasteiger partial charge in [0.1, 0.15) is 0 Å². The second kappa shape index (κ2) is 4.14. The van der Waals surface area contributed by atoms with Gasteiger partial charge in [-0.3, -0.25) is 10.1 Å². The van der Waals surface area contributed by atoms with Crippen molar-refractivity contribution in [2.24, 2.45) is 0 Å². The van der Waals surface area contributed by atoms with Gasteiger partial charge in [0, 0.05) is 11.6 Å². The fraction of sp³-hybridized carbons (Fsp3) is 0.250. The summed E-state index contributed by atoms with van der Waals surface area (Å²) in [6.45, 7) is 1.63. The van der Waals surface area contributed by atoms with E-state index in [1.54, 1.807) is 6.92 Å². The second-order valence-electron chi connectivity index (χ2n) is 2.61. The van der Waals surface area contributed by atoms with E-state index in [1.165, 1.54) is 13.2 Å². The number of nitro benzene ring substituents is 1.